The Labute approximate surface area is 134 Å². The van der Waals surface area contributed by atoms with E-state index in [2.05, 4.69) is 6.07 Å². The van der Waals surface area contributed by atoms with Crippen LogP contribution in [0.4, 0.5) is 5.69 Å². The zero-order valence-corrected chi connectivity index (χ0v) is 12.4. The predicted octanol–water partition coefficient (Wildman–Crippen LogP) is 3.34. The van der Waals surface area contributed by atoms with Crippen molar-refractivity contribution >= 4 is 17.9 Å². The highest BCUT2D eigenvalue weighted by molar-refractivity contribution is 6.03. The minimum absolute atomic E-state index is 0.0681. The molecule has 0 N–H and O–H groups in total. The van der Waals surface area contributed by atoms with Gasteiger partial charge in [0.25, 0.3) is 0 Å². The summed E-state index contributed by atoms with van der Waals surface area (Å²) >= 11 is 0. The van der Waals surface area contributed by atoms with Crippen molar-refractivity contribution in [1.29, 1.82) is 5.26 Å². The summed E-state index contributed by atoms with van der Waals surface area (Å²) in [6, 6.07) is 15.2. The zero-order valence-electron chi connectivity index (χ0n) is 12.4. The molecule has 1 amide bonds. The number of Topliss-reactive ketones (excluding diaryl/α,β-unsaturated/α-hetero) is 1. The van der Waals surface area contributed by atoms with Crippen molar-refractivity contribution in [2.75, 3.05) is 4.90 Å². The molecular formula is C19H14N2O2. The topological polar surface area (TPSA) is 61.2 Å². The number of hydrogen-bond acceptors (Lipinski definition) is 3. The first-order chi connectivity index (χ1) is 11.3. The van der Waals surface area contributed by atoms with Crippen LogP contribution < -0.4 is 4.90 Å². The second kappa shape index (κ2) is 5.06. The van der Waals surface area contributed by atoms with Crippen molar-refractivity contribution in [2.45, 2.75) is 24.8 Å². The molecule has 2 aromatic carbocycles. The third-order valence-corrected chi connectivity index (χ3v) is 4.88. The summed E-state index contributed by atoms with van der Waals surface area (Å²) < 4.78 is 0. The standard InChI is InChI=1S/C19H14N2O2/c20-10-13-6-7-14-16(23)9-8-15-17(14)19(13)21(11-22)18(15)12-4-2-1-3-5-12/h1-7,11,15,18H,8-9H2. The molecule has 2 aromatic rings. The number of amides is 1. The maximum absolute atomic E-state index is 12.3. The molecule has 0 saturated heterocycles. The van der Waals surface area contributed by atoms with Crippen molar-refractivity contribution < 1.29 is 9.59 Å². The number of ketones is 1. The Balaban J connectivity index is 1.99. The summed E-state index contributed by atoms with van der Waals surface area (Å²) in [6.45, 7) is 0. The Bertz CT molecular complexity index is 852. The Kier molecular flexibility index (Phi) is 3.02. The second-order valence-electron chi connectivity index (χ2n) is 5.97. The molecule has 23 heavy (non-hydrogen) atoms. The SMILES string of the molecule is N#Cc1ccc2c3c1N(C=O)C(c1ccccc1)C3CCC2=O. The molecule has 4 heteroatoms. The van der Waals surface area contributed by atoms with Gasteiger partial charge in [-0.05, 0) is 29.7 Å². The van der Waals surface area contributed by atoms with E-state index < -0.39 is 0 Å². The molecule has 1 heterocycles. The van der Waals surface area contributed by atoms with Crippen molar-refractivity contribution in [2.24, 2.45) is 0 Å². The van der Waals surface area contributed by atoms with Gasteiger partial charge in [-0.25, -0.2) is 0 Å². The molecule has 4 rings (SSSR count). The lowest BCUT2D eigenvalue weighted by molar-refractivity contribution is -0.107. The van der Waals surface area contributed by atoms with Crippen molar-refractivity contribution in [3.05, 3.63) is 64.7 Å². The second-order valence-corrected chi connectivity index (χ2v) is 5.97. The van der Waals surface area contributed by atoms with Crippen molar-refractivity contribution in [3.8, 4) is 6.07 Å². The van der Waals surface area contributed by atoms with Gasteiger partial charge < -0.3 is 4.90 Å². The molecule has 0 bridgehead atoms. The van der Waals surface area contributed by atoms with Crippen LogP contribution in [0.1, 0.15) is 51.8 Å². The molecule has 2 atom stereocenters. The van der Waals surface area contributed by atoms with Gasteiger partial charge in [0.15, 0.2) is 5.78 Å². The maximum Gasteiger partial charge on any atom is 0.214 e. The average molecular weight is 302 g/mol. The number of benzene rings is 2. The summed E-state index contributed by atoms with van der Waals surface area (Å²) in [6.07, 6.45) is 1.98. The highest BCUT2D eigenvalue weighted by atomic mass is 16.1. The smallest absolute Gasteiger partial charge is 0.214 e. The lowest BCUT2D eigenvalue weighted by atomic mass is 9.78. The minimum atomic E-state index is -0.148. The molecule has 0 radical (unpaired) electrons. The van der Waals surface area contributed by atoms with E-state index in [1.54, 1.807) is 17.0 Å². The van der Waals surface area contributed by atoms with E-state index in [1.165, 1.54) is 0 Å². The quantitative estimate of drug-likeness (QED) is 0.799. The maximum atomic E-state index is 12.3. The summed E-state index contributed by atoms with van der Waals surface area (Å²) in [5.74, 6) is 0.167. The van der Waals surface area contributed by atoms with E-state index >= 15 is 0 Å². The Morgan fingerprint density at radius 2 is 1.96 bits per heavy atom. The third kappa shape index (κ3) is 1.83. The molecule has 2 aliphatic rings. The van der Waals surface area contributed by atoms with Gasteiger partial charge >= 0.3 is 0 Å². The van der Waals surface area contributed by atoms with Gasteiger partial charge in [-0.2, -0.15) is 5.26 Å². The van der Waals surface area contributed by atoms with Gasteiger partial charge in [0, 0.05) is 17.9 Å². The van der Waals surface area contributed by atoms with Crippen LogP contribution in [0.5, 0.6) is 0 Å². The minimum Gasteiger partial charge on any atom is -0.305 e. The van der Waals surface area contributed by atoms with Crippen LogP contribution >= 0.6 is 0 Å². The van der Waals surface area contributed by atoms with E-state index in [0.717, 1.165) is 17.5 Å². The van der Waals surface area contributed by atoms with E-state index in [-0.39, 0.29) is 17.7 Å². The summed E-state index contributed by atoms with van der Waals surface area (Å²) in [5.41, 5.74) is 3.65. The molecule has 0 spiro atoms. The summed E-state index contributed by atoms with van der Waals surface area (Å²) in [4.78, 5) is 25.7. The fourth-order valence-electron chi connectivity index (χ4n) is 3.97. The molecule has 112 valence electrons. The fraction of sp³-hybridized carbons (Fsp3) is 0.211. The fourth-order valence-corrected chi connectivity index (χ4v) is 3.97. The number of anilines is 1. The molecule has 0 fully saturated rings. The molecule has 2 unspecified atom stereocenters. The van der Waals surface area contributed by atoms with Gasteiger partial charge in [0.05, 0.1) is 17.3 Å². The first-order valence-corrected chi connectivity index (χ1v) is 7.65. The van der Waals surface area contributed by atoms with Crippen molar-refractivity contribution in [1.82, 2.24) is 0 Å². The first-order valence-electron chi connectivity index (χ1n) is 7.65. The highest BCUT2D eigenvalue weighted by Gasteiger charge is 2.45. The molecule has 0 saturated carbocycles. The average Bonchev–Trinajstić information content (AvgIpc) is 2.94. The molecule has 1 aliphatic heterocycles. The number of nitrogens with zero attached hydrogens (tertiary/aromatic N) is 2. The predicted molar refractivity (Wildman–Crippen MR) is 85.2 cm³/mol. The number of rotatable bonds is 2. The van der Waals surface area contributed by atoms with Gasteiger partial charge in [0.1, 0.15) is 6.07 Å². The Morgan fingerprint density at radius 1 is 1.17 bits per heavy atom. The van der Waals surface area contributed by atoms with Gasteiger partial charge in [-0.1, -0.05) is 30.3 Å². The van der Waals surface area contributed by atoms with Gasteiger partial charge in [0.2, 0.25) is 6.41 Å². The molecular weight excluding hydrogens is 288 g/mol. The number of carbonyl (C=O) groups excluding carboxylic acids is 2. The van der Waals surface area contributed by atoms with Crippen LogP contribution in [-0.2, 0) is 4.79 Å². The summed E-state index contributed by atoms with van der Waals surface area (Å²) in [5, 5.41) is 9.43. The largest absolute Gasteiger partial charge is 0.305 e. The molecule has 1 aliphatic carbocycles. The van der Waals surface area contributed by atoms with E-state index in [4.69, 9.17) is 0 Å². The lowest BCUT2D eigenvalue weighted by Crippen LogP contribution is -2.26. The van der Waals surface area contributed by atoms with Crippen molar-refractivity contribution in [3.63, 3.8) is 0 Å². The molecule has 4 nitrogen and oxygen atoms in total. The van der Waals surface area contributed by atoms with Crippen LogP contribution in [0.15, 0.2) is 42.5 Å². The third-order valence-electron chi connectivity index (χ3n) is 4.88. The summed E-state index contributed by atoms with van der Waals surface area (Å²) in [7, 11) is 0. The zero-order chi connectivity index (χ0) is 16.0. The van der Waals surface area contributed by atoms with Crippen LogP contribution in [0.25, 0.3) is 0 Å². The van der Waals surface area contributed by atoms with Gasteiger partial charge in [-0.3, -0.25) is 9.59 Å². The van der Waals surface area contributed by atoms with Crippen LogP contribution in [0.3, 0.4) is 0 Å². The van der Waals surface area contributed by atoms with E-state index in [9.17, 15) is 14.9 Å². The first kappa shape index (κ1) is 13.7. The number of carbonyl (C=O) groups is 2. The number of nitriles is 1. The Hall–Kier alpha value is -2.93. The van der Waals surface area contributed by atoms with Crippen LogP contribution in [-0.4, -0.2) is 12.2 Å². The normalized spacial score (nSPS) is 21.7. The van der Waals surface area contributed by atoms with E-state index in [1.807, 2.05) is 30.3 Å². The van der Waals surface area contributed by atoms with Gasteiger partial charge in [-0.15, -0.1) is 0 Å². The van der Waals surface area contributed by atoms with E-state index in [0.29, 0.717) is 29.7 Å². The molecule has 0 aromatic heterocycles. The Morgan fingerprint density at radius 3 is 2.65 bits per heavy atom. The van der Waals surface area contributed by atoms with Crippen LogP contribution in [0, 0.1) is 11.3 Å². The highest BCUT2D eigenvalue weighted by Crippen LogP contribution is 2.54. The number of hydrogen-bond donors (Lipinski definition) is 0. The lowest BCUT2D eigenvalue weighted by Gasteiger charge is -2.27. The monoisotopic (exact) mass is 302 g/mol. The van der Waals surface area contributed by atoms with Crippen LogP contribution in [0.2, 0.25) is 0 Å².